The van der Waals surface area contributed by atoms with Gasteiger partial charge in [0.25, 0.3) is 0 Å². The summed E-state index contributed by atoms with van der Waals surface area (Å²) in [5.41, 5.74) is 18.8. The van der Waals surface area contributed by atoms with Crippen LogP contribution in [0.4, 0.5) is 0 Å². The fraction of sp³-hybridized carbons (Fsp3) is 0.433. The van der Waals surface area contributed by atoms with Crippen molar-refractivity contribution < 1.29 is 32.7 Å². The molecule has 1 unspecified atom stereocenters. The third-order valence-electron chi connectivity index (χ3n) is 8.23. The van der Waals surface area contributed by atoms with Crippen molar-refractivity contribution in [2.75, 3.05) is 0 Å². The molecule has 2 aliphatic carbocycles. The van der Waals surface area contributed by atoms with E-state index < -0.39 is 0 Å². The Hall–Kier alpha value is -1.11. The summed E-state index contributed by atoms with van der Waals surface area (Å²) in [6, 6.07) is 2.33. The van der Waals surface area contributed by atoms with Crippen LogP contribution in [0.5, 0.6) is 0 Å². The molecule has 0 fully saturated rings. The van der Waals surface area contributed by atoms with E-state index in [0.29, 0.717) is 5.92 Å². The second kappa shape index (κ2) is 9.40. The molecule has 160 valence electrons. The van der Waals surface area contributed by atoms with Gasteiger partial charge in [0.1, 0.15) is 0 Å². The summed E-state index contributed by atoms with van der Waals surface area (Å²) in [5.74, 6) is 0.439. The molecule has 0 saturated carbocycles. The molecule has 0 amide bonds. The molecule has 2 aliphatic rings. The molecular formula is C30H38Y+. The Kier molecular flexibility index (Phi) is 7.93. The van der Waals surface area contributed by atoms with Crippen LogP contribution in [-0.4, -0.2) is 0 Å². The summed E-state index contributed by atoms with van der Waals surface area (Å²) in [6.07, 6.45) is 3.59. The first-order valence-corrected chi connectivity index (χ1v) is 11.2. The Morgan fingerprint density at radius 3 is 1.71 bits per heavy atom. The maximum absolute atomic E-state index is 3.59. The van der Waals surface area contributed by atoms with Crippen LogP contribution in [0.2, 0.25) is 0 Å². The predicted molar refractivity (Wildman–Crippen MR) is 133 cm³/mol. The Labute approximate surface area is 215 Å². The van der Waals surface area contributed by atoms with Gasteiger partial charge in [-0.1, -0.05) is 61.4 Å². The molecule has 0 nitrogen and oxygen atoms in total. The number of hydrogen-bond donors (Lipinski definition) is 0. The van der Waals surface area contributed by atoms with Crippen LogP contribution in [0.15, 0.2) is 45.1 Å². The van der Waals surface area contributed by atoms with Gasteiger partial charge in [0.15, 0.2) is 0 Å². The van der Waals surface area contributed by atoms with Crippen LogP contribution in [0, 0.1) is 53.5 Å². The predicted octanol–water partition coefficient (Wildman–Crippen LogP) is 8.78. The third-order valence-corrected chi connectivity index (χ3v) is 8.23. The van der Waals surface area contributed by atoms with Crippen LogP contribution < -0.4 is 0 Å². The number of allylic oxidation sites excluding steroid dienone is 8. The zero-order valence-electron chi connectivity index (χ0n) is 21.7. The third kappa shape index (κ3) is 4.16. The molecule has 0 N–H and O–H groups in total. The van der Waals surface area contributed by atoms with Crippen LogP contribution in [0.3, 0.4) is 0 Å². The van der Waals surface area contributed by atoms with E-state index in [1.165, 1.54) is 83.2 Å². The minimum absolute atomic E-state index is 0. The Morgan fingerprint density at radius 1 is 0.581 bits per heavy atom. The van der Waals surface area contributed by atoms with Crippen LogP contribution >= 0.6 is 0 Å². The molecule has 0 saturated heterocycles. The number of fused-ring (bicyclic) bond motifs is 2. The van der Waals surface area contributed by atoms with Gasteiger partial charge in [-0.05, 0) is 59.6 Å². The van der Waals surface area contributed by atoms with E-state index in [2.05, 4.69) is 95.2 Å². The zero-order valence-corrected chi connectivity index (χ0v) is 24.6. The summed E-state index contributed by atoms with van der Waals surface area (Å²) >= 11 is 0. The standard InChI is InChI=1S/2C15H19.Y/c2*1-8-7-14-12(5)10(3)11(4)13(6)15(14)9(8)2;/h14H,1-6H3;7H,1-6H3;/q2*-1;+3. The molecule has 1 heteroatoms. The minimum atomic E-state index is 0. The van der Waals surface area contributed by atoms with Gasteiger partial charge >= 0.3 is 32.7 Å². The van der Waals surface area contributed by atoms with Crippen molar-refractivity contribution in [2.24, 2.45) is 5.92 Å². The normalized spacial score (nSPS) is 18.2. The Balaban J connectivity index is 0.000000213. The summed E-state index contributed by atoms with van der Waals surface area (Å²) in [5, 5.41) is 2.93. The smallest absolute Gasteiger partial charge is 0.261 e. The maximum Gasteiger partial charge on any atom is 3.00 e. The van der Waals surface area contributed by atoms with Gasteiger partial charge in [0.2, 0.25) is 0 Å². The van der Waals surface area contributed by atoms with Crippen molar-refractivity contribution in [1.29, 1.82) is 0 Å². The molecule has 1 atom stereocenters. The average Bonchev–Trinajstić information content (AvgIpc) is 3.18. The van der Waals surface area contributed by atoms with Gasteiger partial charge in [0.05, 0.1) is 0 Å². The van der Waals surface area contributed by atoms with Gasteiger partial charge in [-0.25, -0.2) is 5.57 Å². The van der Waals surface area contributed by atoms with E-state index >= 15 is 0 Å². The molecule has 0 bridgehead atoms. The number of benzene rings is 1. The summed E-state index contributed by atoms with van der Waals surface area (Å²) < 4.78 is 0. The molecule has 0 radical (unpaired) electrons. The van der Waals surface area contributed by atoms with Crippen molar-refractivity contribution >= 4 is 10.8 Å². The minimum Gasteiger partial charge on any atom is -0.261 e. The van der Waals surface area contributed by atoms with E-state index in [1.807, 2.05) is 0 Å². The first-order valence-electron chi connectivity index (χ1n) is 11.2. The molecular weight excluding hydrogens is 449 g/mol. The molecule has 4 rings (SSSR count). The SMILES string of the molecule is CC1=[C-]C2C(C)=C(C)C(C)=C(C)C2=C1C.Cc1[cH-]c2c(C)c(C)c(C)c(C)c2c1C.[Y+3]. The van der Waals surface area contributed by atoms with E-state index in [1.54, 1.807) is 0 Å². The van der Waals surface area contributed by atoms with Gasteiger partial charge < -0.3 is 0 Å². The molecule has 31 heavy (non-hydrogen) atoms. The molecule has 0 aliphatic heterocycles. The summed E-state index contributed by atoms with van der Waals surface area (Å²) in [7, 11) is 0. The van der Waals surface area contributed by atoms with Gasteiger partial charge in [-0.3, -0.25) is 6.08 Å². The van der Waals surface area contributed by atoms with Crippen molar-refractivity contribution in [3.05, 3.63) is 84.5 Å². The number of aryl methyl sites for hydroxylation is 4. The first kappa shape index (κ1) is 26.1. The van der Waals surface area contributed by atoms with Crippen LogP contribution in [-0.2, 0) is 32.7 Å². The molecule has 0 aromatic heterocycles. The van der Waals surface area contributed by atoms with E-state index in [4.69, 9.17) is 0 Å². The van der Waals surface area contributed by atoms with Crippen LogP contribution in [0.1, 0.15) is 74.9 Å². The van der Waals surface area contributed by atoms with E-state index in [-0.39, 0.29) is 32.7 Å². The van der Waals surface area contributed by atoms with Crippen LogP contribution in [0.25, 0.3) is 10.8 Å². The van der Waals surface area contributed by atoms with Crippen molar-refractivity contribution in [3.8, 4) is 0 Å². The fourth-order valence-corrected chi connectivity index (χ4v) is 5.16. The Morgan fingerprint density at radius 2 is 1.13 bits per heavy atom. The monoisotopic (exact) mass is 487 g/mol. The van der Waals surface area contributed by atoms with Gasteiger partial charge in [0, 0.05) is 0 Å². The molecule has 0 heterocycles. The van der Waals surface area contributed by atoms with Gasteiger partial charge in [-0.15, -0.1) is 40.5 Å². The van der Waals surface area contributed by atoms with E-state index in [0.717, 1.165) is 0 Å². The quantitative estimate of drug-likeness (QED) is 0.326. The Bertz CT molecular complexity index is 1190. The van der Waals surface area contributed by atoms with Crippen molar-refractivity contribution in [3.63, 3.8) is 0 Å². The summed E-state index contributed by atoms with van der Waals surface area (Å²) in [6.45, 7) is 26.7. The van der Waals surface area contributed by atoms with Gasteiger partial charge in [-0.2, -0.15) is 11.1 Å². The summed E-state index contributed by atoms with van der Waals surface area (Å²) in [4.78, 5) is 0. The second-order valence-corrected chi connectivity index (χ2v) is 9.54. The maximum atomic E-state index is 3.59. The number of rotatable bonds is 0. The number of hydrogen-bond acceptors (Lipinski definition) is 0. The average molecular weight is 488 g/mol. The molecule has 2 aromatic rings. The first-order chi connectivity index (χ1) is 13.9. The molecule has 0 spiro atoms. The molecule has 2 aromatic carbocycles. The van der Waals surface area contributed by atoms with Crippen molar-refractivity contribution in [2.45, 2.75) is 83.1 Å². The fourth-order valence-electron chi connectivity index (χ4n) is 5.16. The largest absolute Gasteiger partial charge is 3.00 e. The van der Waals surface area contributed by atoms with Crippen molar-refractivity contribution in [1.82, 2.24) is 0 Å². The second-order valence-electron chi connectivity index (χ2n) is 9.54. The zero-order chi connectivity index (χ0) is 22.7. The van der Waals surface area contributed by atoms with E-state index in [9.17, 15) is 0 Å². The topological polar surface area (TPSA) is 0 Å².